The molecule has 1 heterocycles. The minimum absolute atomic E-state index is 0.360. The molecule has 1 aliphatic rings. The first-order chi connectivity index (χ1) is 10.4. The van der Waals surface area contributed by atoms with Crippen LogP contribution < -0.4 is 5.32 Å². The molecule has 21 heavy (non-hydrogen) atoms. The minimum Gasteiger partial charge on any atom is -0.464 e. The minimum atomic E-state index is 0.360. The summed E-state index contributed by atoms with van der Waals surface area (Å²) in [4.78, 5) is 0. The molecule has 0 amide bonds. The quantitative estimate of drug-likeness (QED) is 0.759. The smallest absolute Gasteiger partial charge is 0.134 e. The molecule has 3 unspecified atom stereocenters. The van der Waals surface area contributed by atoms with E-state index in [9.17, 15) is 0 Å². The first-order valence-corrected chi connectivity index (χ1v) is 7.57. The van der Waals surface area contributed by atoms with E-state index in [2.05, 4.69) is 47.8 Å². The summed E-state index contributed by atoms with van der Waals surface area (Å²) in [6.45, 7) is 0. The standard InChI is InChI=1S/C19H19NO/c1-20-19(16-11-15(16)13-7-3-2-4-8-13)17-12-21-18-10-6-5-9-14(17)18/h2-10,12,15-16,19-20H,11H2,1H3. The summed E-state index contributed by atoms with van der Waals surface area (Å²) in [5.74, 6) is 1.32. The molecule has 106 valence electrons. The maximum absolute atomic E-state index is 5.71. The van der Waals surface area contributed by atoms with Crippen LogP contribution in [0.4, 0.5) is 0 Å². The highest BCUT2D eigenvalue weighted by Crippen LogP contribution is 2.54. The summed E-state index contributed by atoms with van der Waals surface area (Å²) in [6.07, 6.45) is 3.17. The summed E-state index contributed by atoms with van der Waals surface area (Å²) in [7, 11) is 2.05. The van der Waals surface area contributed by atoms with Crippen molar-refractivity contribution in [2.24, 2.45) is 5.92 Å². The second-order valence-electron chi connectivity index (χ2n) is 5.87. The fourth-order valence-electron chi connectivity index (χ4n) is 3.51. The number of hydrogen-bond donors (Lipinski definition) is 1. The Kier molecular flexibility index (Phi) is 3.04. The van der Waals surface area contributed by atoms with E-state index >= 15 is 0 Å². The Labute approximate surface area is 124 Å². The average Bonchev–Trinajstić information content (AvgIpc) is 3.22. The molecule has 2 aromatic carbocycles. The van der Waals surface area contributed by atoms with E-state index in [4.69, 9.17) is 4.42 Å². The number of fused-ring (bicyclic) bond motifs is 1. The molecule has 0 saturated heterocycles. The molecular weight excluding hydrogens is 258 g/mol. The summed E-state index contributed by atoms with van der Waals surface area (Å²) in [5, 5.41) is 4.73. The van der Waals surface area contributed by atoms with Crippen molar-refractivity contribution in [3.63, 3.8) is 0 Å². The first-order valence-electron chi connectivity index (χ1n) is 7.57. The van der Waals surface area contributed by atoms with Crippen molar-refractivity contribution < 1.29 is 4.42 Å². The number of hydrogen-bond acceptors (Lipinski definition) is 2. The summed E-state index contributed by atoms with van der Waals surface area (Å²) in [5.41, 5.74) is 3.72. The highest BCUT2D eigenvalue weighted by Gasteiger charge is 2.44. The molecule has 2 nitrogen and oxygen atoms in total. The average molecular weight is 277 g/mol. The van der Waals surface area contributed by atoms with Crippen LogP contribution in [0.3, 0.4) is 0 Å². The Hall–Kier alpha value is -2.06. The molecule has 0 radical (unpaired) electrons. The molecule has 3 aromatic rings. The van der Waals surface area contributed by atoms with Gasteiger partial charge in [0.2, 0.25) is 0 Å². The number of furan rings is 1. The van der Waals surface area contributed by atoms with Gasteiger partial charge in [-0.3, -0.25) is 0 Å². The van der Waals surface area contributed by atoms with Crippen LogP contribution in [0.5, 0.6) is 0 Å². The van der Waals surface area contributed by atoms with Crippen molar-refractivity contribution in [2.75, 3.05) is 7.05 Å². The molecule has 1 N–H and O–H groups in total. The van der Waals surface area contributed by atoms with Crippen LogP contribution in [0.15, 0.2) is 65.3 Å². The van der Waals surface area contributed by atoms with Gasteiger partial charge in [-0.1, -0.05) is 48.5 Å². The Bertz CT molecular complexity index is 746. The fourth-order valence-corrected chi connectivity index (χ4v) is 3.51. The number of nitrogens with one attached hydrogen (secondary N) is 1. The van der Waals surface area contributed by atoms with Gasteiger partial charge in [-0.2, -0.15) is 0 Å². The van der Waals surface area contributed by atoms with E-state index < -0.39 is 0 Å². The van der Waals surface area contributed by atoms with Crippen LogP contribution >= 0.6 is 0 Å². The first kappa shape index (κ1) is 12.7. The highest BCUT2D eigenvalue weighted by molar-refractivity contribution is 5.81. The van der Waals surface area contributed by atoms with Crippen LogP contribution in [0.2, 0.25) is 0 Å². The van der Waals surface area contributed by atoms with Crippen molar-refractivity contribution in [1.82, 2.24) is 5.32 Å². The number of rotatable bonds is 4. The summed E-state index contributed by atoms with van der Waals surface area (Å²) < 4.78 is 5.71. The van der Waals surface area contributed by atoms with E-state index in [1.165, 1.54) is 22.9 Å². The van der Waals surface area contributed by atoms with Crippen molar-refractivity contribution in [3.8, 4) is 0 Å². The van der Waals surface area contributed by atoms with Gasteiger partial charge >= 0.3 is 0 Å². The molecule has 4 rings (SSSR count). The zero-order valence-corrected chi connectivity index (χ0v) is 12.1. The van der Waals surface area contributed by atoms with Crippen molar-refractivity contribution >= 4 is 11.0 Å². The van der Waals surface area contributed by atoms with Gasteiger partial charge in [0.15, 0.2) is 0 Å². The lowest BCUT2D eigenvalue weighted by Crippen LogP contribution is -2.18. The number of benzene rings is 2. The van der Waals surface area contributed by atoms with Gasteiger partial charge in [0.25, 0.3) is 0 Å². The Morgan fingerprint density at radius 1 is 1.05 bits per heavy atom. The topological polar surface area (TPSA) is 25.2 Å². The second kappa shape index (κ2) is 5.05. The SMILES string of the molecule is CNC(c1coc2ccccc12)C1CC1c1ccccc1. The fraction of sp³-hybridized carbons (Fsp3) is 0.263. The van der Waals surface area contributed by atoms with E-state index in [0.29, 0.717) is 17.9 Å². The lowest BCUT2D eigenvalue weighted by Gasteiger charge is -2.15. The monoisotopic (exact) mass is 277 g/mol. The molecule has 1 saturated carbocycles. The normalized spacial score (nSPS) is 22.3. The summed E-state index contributed by atoms with van der Waals surface area (Å²) in [6, 6.07) is 19.5. The van der Waals surface area contributed by atoms with Crippen LogP contribution in [0.25, 0.3) is 11.0 Å². The zero-order chi connectivity index (χ0) is 14.2. The molecule has 1 aliphatic carbocycles. The van der Waals surface area contributed by atoms with Crippen molar-refractivity contribution in [2.45, 2.75) is 18.4 Å². The lowest BCUT2D eigenvalue weighted by atomic mass is 9.98. The van der Waals surface area contributed by atoms with Gasteiger partial charge in [0.1, 0.15) is 5.58 Å². The van der Waals surface area contributed by atoms with Crippen LogP contribution in [0.1, 0.15) is 29.5 Å². The molecule has 3 atom stereocenters. The van der Waals surface area contributed by atoms with E-state index in [1.54, 1.807) is 0 Å². The molecule has 1 aromatic heterocycles. The van der Waals surface area contributed by atoms with E-state index in [1.807, 2.05) is 25.4 Å². The van der Waals surface area contributed by atoms with E-state index in [0.717, 1.165) is 5.58 Å². The van der Waals surface area contributed by atoms with Gasteiger partial charge < -0.3 is 9.73 Å². The molecule has 2 heteroatoms. The van der Waals surface area contributed by atoms with Crippen LogP contribution in [0, 0.1) is 5.92 Å². The maximum Gasteiger partial charge on any atom is 0.134 e. The van der Waals surface area contributed by atoms with Gasteiger partial charge in [-0.05, 0) is 36.9 Å². The van der Waals surface area contributed by atoms with Crippen LogP contribution in [-0.4, -0.2) is 7.05 Å². The highest BCUT2D eigenvalue weighted by atomic mass is 16.3. The summed E-state index contributed by atoms with van der Waals surface area (Å²) >= 11 is 0. The predicted molar refractivity (Wildman–Crippen MR) is 85.3 cm³/mol. The molecule has 0 bridgehead atoms. The Morgan fingerprint density at radius 3 is 2.62 bits per heavy atom. The third-order valence-electron chi connectivity index (χ3n) is 4.65. The number of para-hydroxylation sites is 1. The third kappa shape index (κ3) is 2.16. The Balaban J connectivity index is 1.65. The zero-order valence-electron chi connectivity index (χ0n) is 12.1. The maximum atomic E-state index is 5.71. The Morgan fingerprint density at radius 2 is 1.81 bits per heavy atom. The molecular formula is C19H19NO. The van der Waals surface area contributed by atoms with Crippen molar-refractivity contribution in [1.29, 1.82) is 0 Å². The van der Waals surface area contributed by atoms with E-state index in [-0.39, 0.29) is 0 Å². The third-order valence-corrected chi connectivity index (χ3v) is 4.65. The van der Waals surface area contributed by atoms with Crippen LogP contribution in [-0.2, 0) is 0 Å². The second-order valence-corrected chi connectivity index (χ2v) is 5.87. The molecule has 1 fully saturated rings. The molecule has 0 aliphatic heterocycles. The van der Waals surface area contributed by atoms with Gasteiger partial charge in [0, 0.05) is 17.0 Å². The lowest BCUT2D eigenvalue weighted by molar-refractivity contribution is 0.508. The van der Waals surface area contributed by atoms with Gasteiger partial charge in [-0.25, -0.2) is 0 Å². The molecule has 0 spiro atoms. The van der Waals surface area contributed by atoms with Gasteiger partial charge in [0.05, 0.1) is 6.26 Å². The van der Waals surface area contributed by atoms with Crippen molar-refractivity contribution in [3.05, 3.63) is 72.0 Å². The largest absolute Gasteiger partial charge is 0.464 e. The van der Waals surface area contributed by atoms with Gasteiger partial charge in [-0.15, -0.1) is 0 Å². The predicted octanol–water partition coefficient (Wildman–Crippen LogP) is 4.50.